The normalized spacial score (nSPS) is 21.4. The Hall–Kier alpha value is -1.36. The Morgan fingerprint density at radius 2 is 1.95 bits per heavy atom. The molecule has 1 spiro atoms. The SMILES string of the molecule is CC(C)c1cc2n(n1)CC1(COC1)CN(C(C)(C)C)C2=O. The highest BCUT2D eigenvalue weighted by Crippen LogP contribution is 2.36. The lowest BCUT2D eigenvalue weighted by atomic mass is 9.84. The second-order valence-corrected chi connectivity index (χ2v) is 7.82. The van der Waals surface area contributed by atoms with Crippen LogP contribution in [-0.4, -0.2) is 45.9 Å². The van der Waals surface area contributed by atoms with Crippen LogP contribution in [-0.2, 0) is 11.3 Å². The van der Waals surface area contributed by atoms with Crippen molar-refractivity contribution in [3.63, 3.8) is 0 Å². The molecule has 3 heterocycles. The van der Waals surface area contributed by atoms with Crippen LogP contribution in [0.25, 0.3) is 0 Å². The Morgan fingerprint density at radius 1 is 1.29 bits per heavy atom. The summed E-state index contributed by atoms with van der Waals surface area (Å²) in [6, 6.07) is 1.96. The minimum Gasteiger partial charge on any atom is -0.380 e. The number of carbonyl (C=O) groups is 1. The number of aromatic nitrogens is 2. The summed E-state index contributed by atoms with van der Waals surface area (Å²) in [6.45, 7) is 13.4. The molecule has 0 aliphatic carbocycles. The third-order valence-corrected chi connectivity index (χ3v) is 4.46. The van der Waals surface area contributed by atoms with Gasteiger partial charge in [-0.05, 0) is 32.8 Å². The van der Waals surface area contributed by atoms with Crippen LogP contribution in [0, 0.1) is 5.41 Å². The van der Waals surface area contributed by atoms with E-state index < -0.39 is 0 Å². The van der Waals surface area contributed by atoms with E-state index in [-0.39, 0.29) is 16.9 Å². The van der Waals surface area contributed by atoms with Gasteiger partial charge in [0, 0.05) is 12.1 Å². The Bertz CT molecular complexity index is 565. The van der Waals surface area contributed by atoms with Crippen molar-refractivity contribution in [2.75, 3.05) is 19.8 Å². The lowest BCUT2D eigenvalue weighted by Gasteiger charge is -2.46. The average molecular weight is 291 g/mol. The molecular formula is C16H25N3O2. The largest absolute Gasteiger partial charge is 0.380 e. The van der Waals surface area contributed by atoms with Crippen molar-refractivity contribution in [3.05, 3.63) is 17.5 Å². The predicted octanol–water partition coefficient (Wildman–Crippen LogP) is 2.28. The second-order valence-electron chi connectivity index (χ2n) is 7.82. The van der Waals surface area contributed by atoms with E-state index in [9.17, 15) is 4.79 Å². The molecule has 5 heteroatoms. The molecule has 1 aromatic rings. The number of hydrogen-bond donors (Lipinski definition) is 0. The summed E-state index contributed by atoms with van der Waals surface area (Å²) in [5.74, 6) is 0.416. The van der Waals surface area contributed by atoms with Gasteiger partial charge in [-0.1, -0.05) is 13.8 Å². The van der Waals surface area contributed by atoms with Crippen LogP contribution < -0.4 is 0 Å². The Balaban J connectivity index is 2.06. The molecule has 21 heavy (non-hydrogen) atoms. The lowest BCUT2D eigenvalue weighted by molar-refractivity contribution is -0.135. The first kappa shape index (κ1) is 14.6. The fourth-order valence-corrected chi connectivity index (χ4v) is 3.04. The first-order valence-electron chi connectivity index (χ1n) is 7.69. The maximum absolute atomic E-state index is 13.0. The first-order valence-corrected chi connectivity index (χ1v) is 7.69. The average Bonchev–Trinajstić information content (AvgIpc) is 2.68. The number of carbonyl (C=O) groups excluding carboxylic acids is 1. The van der Waals surface area contributed by atoms with Gasteiger partial charge < -0.3 is 9.64 Å². The molecule has 5 nitrogen and oxygen atoms in total. The number of rotatable bonds is 1. The van der Waals surface area contributed by atoms with Crippen LogP contribution >= 0.6 is 0 Å². The van der Waals surface area contributed by atoms with Gasteiger partial charge in [-0.25, -0.2) is 0 Å². The Morgan fingerprint density at radius 3 is 2.43 bits per heavy atom. The van der Waals surface area contributed by atoms with Crippen LogP contribution in [0.15, 0.2) is 6.07 Å². The van der Waals surface area contributed by atoms with E-state index in [2.05, 4.69) is 39.7 Å². The molecule has 0 bridgehead atoms. The van der Waals surface area contributed by atoms with Gasteiger partial charge >= 0.3 is 0 Å². The summed E-state index contributed by atoms with van der Waals surface area (Å²) >= 11 is 0. The molecule has 0 unspecified atom stereocenters. The van der Waals surface area contributed by atoms with E-state index in [0.29, 0.717) is 19.1 Å². The van der Waals surface area contributed by atoms with Crippen molar-refractivity contribution >= 4 is 5.91 Å². The maximum Gasteiger partial charge on any atom is 0.272 e. The molecule has 0 atom stereocenters. The molecule has 0 saturated carbocycles. The standard InChI is InChI=1S/C16H25N3O2/c1-11(2)12-6-13-14(20)18(15(3,4)5)7-16(9-21-10-16)8-19(13)17-12/h6,11H,7-10H2,1-5H3. The summed E-state index contributed by atoms with van der Waals surface area (Å²) in [4.78, 5) is 15.0. The van der Waals surface area contributed by atoms with Gasteiger partial charge in [0.05, 0.1) is 30.9 Å². The summed E-state index contributed by atoms with van der Waals surface area (Å²) in [7, 11) is 0. The monoisotopic (exact) mass is 291 g/mol. The molecule has 1 fully saturated rings. The predicted molar refractivity (Wildman–Crippen MR) is 80.4 cm³/mol. The van der Waals surface area contributed by atoms with Gasteiger partial charge in [-0.15, -0.1) is 0 Å². The number of hydrogen-bond acceptors (Lipinski definition) is 3. The van der Waals surface area contributed by atoms with Crippen molar-refractivity contribution in [1.82, 2.24) is 14.7 Å². The number of fused-ring (bicyclic) bond motifs is 1. The van der Waals surface area contributed by atoms with Crippen molar-refractivity contribution in [3.8, 4) is 0 Å². The minimum absolute atomic E-state index is 0.0223. The van der Waals surface area contributed by atoms with Gasteiger partial charge in [0.15, 0.2) is 0 Å². The van der Waals surface area contributed by atoms with Gasteiger partial charge in [-0.2, -0.15) is 5.10 Å². The third kappa shape index (κ3) is 2.37. The first-order chi connectivity index (χ1) is 9.72. The summed E-state index contributed by atoms with van der Waals surface area (Å²) in [5, 5.41) is 4.67. The van der Waals surface area contributed by atoms with Crippen molar-refractivity contribution in [1.29, 1.82) is 0 Å². The van der Waals surface area contributed by atoms with E-state index in [1.165, 1.54) is 0 Å². The van der Waals surface area contributed by atoms with Gasteiger partial charge in [0.25, 0.3) is 5.91 Å². The molecule has 2 aliphatic heterocycles. The minimum atomic E-state index is -0.197. The molecule has 1 amide bonds. The highest BCUT2D eigenvalue weighted by molar-refractivity contribution is 5.93. The fourth-order valence-electron chi connectivity index (χ4n) is 3.04. The number of amides is 1. The molecule has 3 rings (SSSR count). The van der Waals surface area contributed by atoms with Crippen LogP contribution in [0.3, 0.4) is 0 Å². The van der Waals surface area contributed by atoms with E-state index in [4.69, 9.17) is 4.74 Å². The zero-order valence-electron chi connectivity index (χ0n) is 13.6. The zero-order chi connectivity index (χ0) is 15.4. The van der Waals surface area contributed by atoms with Gasteiger partial charge in [-0.3, -0.25) is 9.48 Å². The van der Waals surface area contributed by atoms with Crippen molar-refractivity contribution in [2.24, 2.45) is 5.41 Å². The summed E-state index contributed by atoms with van der Waals surface area (Å²) in [6.07, 6.45) is 0. The van der Waals surface area contributed by atoms with Crippen LogP contribution in [0.1, 0.15) is 56.7 Å². The van der Waals surface area contributed by atoms with Crippen molar-refractivity contribution < 1.29 is 9.53 Å². The smallest absolute Gasteiger partial charge is 0.272 e. The molecule has 0 radical (unpaired) electrons. The van der Waals surface area contributed by atoms with Gasteiger partial charge in [0.2, 0.25) is 0 Å². The highest BCUT2D eigenvalue weighted by atomic mass is 16.5. The van der Waals surface area contributed by atoms with Crippen LogP contribution in [0.4, 0.5) is 0 Å². The third-order valence-electron chi connectivity index (χ3n) is 4.46. The fraction of sp³-hybridized carbons (Fsp3) is 0.750. The molecule has 1 aromatic heterocycles. The zero-order valence-corrected chi connectivity index (χ0v) is 13.6. The quantitative estimate of drug-likeness (QED) is 0.797. The summed E-state index contributed by atoms with van der Waals surface area (Å²) in [5.41, 5.74) is 1.54. The second kappa shape index (κ2) is 4.57. The van der Waals surface area contributed by atoms with Crippen LogP contribution in [0.5, 0.6) is 0 Å². The number of ether oxygens (including phenoxy) is 1. The molecule has 0 aromatic carbocycles. The summed E-state index contributed by atoms with van der Waals surface area (Å²) < 4.78 is 7.37. The van der Waals surface area contributed by atoms with E-state index in [1.54, 1.807) is 0 Å². The van der Waals surface area contributed by atoms with E-state index in [0.717, 1.165) is 24.5 Å². The van der Waals surface area contributed by atoms with E-state index in [1.807, 2.05) is 15.6 Å². The van der Waals surface area contributed by atoms with Crippen molar-refractivity contribution in [2.45, 2.75) is 52.6 Å². The maximum atomic E-state index is 13.0. The van der Waals surface area contributed by atoms with Crippen LogP contribution in [0.2, 0.25) is 0 Å². The number of nitrogens with zero attached hydrogens (tertiary/aromatic N) is 3. The Labute approximate surface area is 126 Å². The topological polar surface area (TPSA) is 47.4 Å². The van der Waals surface area contributed by atoms with Gasteiger partial charge in [0.1, 0.15) is 5.69 Å². The molecule has 1 saturated heterocycles. The molecular weight excluding hydrogens is 266 g/mol. The highest BCUT2D eigenvalue weighted by Gasteiger charge is 2.47. The molecule has 2 aliphatic rings. The molecule has 116 valence electrons. The van der Waals surface area contributed by atoms with E-state index >= 15 is 0 Å². The lowest BCUT2D eigenvalue weighted by Crippen LogP contribution is -2.56. The Kier molecular flexibility index (Phi) is 3.17. The molecule has 0 N–H and O–H groups in total.